The van der Waals surface area contributed by atoms with Gasteiger partial charge in [-0.05, 0) is 60.7 Å². The van der Waals surface area contributed by atoms with Crippen LogP contribution in [0.3, 0.4) is 0 Å². The maximum absolute atomic E-state index is 10.6. The van der Waals surface area contributed by atoms with Gasteiger partial charge in [-0.3, -0.25) is 4.79 Å². The van der Waals surface area contributed by atoms with Crippen LogP contribution in [0.4, 0.5) is 0 Å². The molecule has 0 fully saturated rings. The molecule has 0 spiro atoms. The summed E-state index contributed by atoms with van der Waals surface area (Å²) in [5.41, 5.74) is 3.72. The fraction of sp³-hybridized carbons (Fsp3) is 0.217. The second kappa shape index (κ2) is 10.3. The van der Waals surface area contributed by atoms with E-state index in [0.717, 1.165) is 35.2 Å². The van der Waals surface area contributed by atoms with Crippen molar-refractivity contribution in [2.45, 2.75) is 25.7 Å². The number of unbranched alkanes of at least 4 members (excludes halogenated alkanes) is 2. The molecule has 0 aliphatic carbocycles. The molecular formula is C23H21Cl2NO3. The molecule has 0 unspecified atom stereocenters. The lowest BCUT2D eigenvalue weighted by Crippen LogP contribution is -2.01. The monoisotopic (exact) mass is 429 g/mol. The average molecular weight is 430 g/mol. The van der Waals surface area contributed by atoms with E-state index >= 15 is 0 Å². The Morgan fingerprint density at radius 1 is 0.828 bits per heavy atom. The summed E-state index contributed by atoms with van der Waals surface area (Å²) in [6, 6.07) is 19.0. The number of nitrogens with zero attached hydrogens (tertiary/aromatic N) is 1. The van der Waals surface area contributed by atoms with E-state index in [-0.39, 0.29) is 6.42 Å². The minimum atomic E-state index is -0.768. The van der Waals surface area contributed by atoms with Gasteiger partial charge in [-0.25, -0.2) is 4.98 Å². The molecule has 0 atom stereocenters. The zero-order valence-corrected chi connectivity index (χ0v) is 17.3. The lowest BCUT2D eigenvalue weighted by Gasteiger charge is -2.11. The molecule has 0 saturated carbocycles. The van der Waals surface area contributed by atoms with Gasteiger partial charge in [0.2, 0.25) is 5.88 Å². The molecule has 29 heavy (non-hydrogen) atoms. The number of hydrogen-bond donors (Lipinski definition) is 1. The van der Waals surface area contributed by atoms with Gasteiger partial charge in [-0.1, -0.05) is 47.5 Å². The van der Waals surface area contributed by atoms with Crippen LogP contribution >= 0.6 is 23.2 Å². The molecule has 4 nitrogen and oxygen atoms in total. The van der Waals surface area contributed by atoms with E-state index in [2.05, 4.69) is 4.98 Å². The highest BCUT2D eigenvalue weighted by molar-refractivity contribution is 6.30. The lowest BCUT2D eigenvalue weighted by molar-refractivity contribution is -0.137. The predicted octanol–water partition coefficient (Wildman–Crippen LogP) is 6.75. The van der Waals surface area contributed by atoms with Crippen LogP contribution in [-0.4, -0.2) is 22.7 Å². The molecule has 3 aromatic rings. The molecule has 1 heterocycles. The molecule has 2 aromatic carbocycles. The maximum atomic E-state index is 10.6. The van der Waals surface area contributed by atoms with Crippen molar-refractivity contribution >= 4 is 29.2 Å². The third-order valence-electron chi connectivity index (χ3n) is 4.40. The summed E-state index contributed by atoms with van der Waals surface area (Å²) in [4.78, 5) is 15.2. The number of pyridine rings is 1. The summed E-state index contributed by atoms with van der Waals surface area (Å²) < 4.78 is 5.87. The van der Waals surface area contributed by atoms with E-state index in [1.165, 1.54) is 0 Å². The number of carboxylic acid groups (broad SMARTS) is 1. The van der Waals surface area contributed by atoms with Gasteiger partial charge in [0.1, 0.15) is 0 Å². The molecule has 1 aromatic heterocycles. The van der Waals surface area contributed by atoms with Gasteiger partial charge in [-0.15, -0.1) is 0 Å². The molecule has 1 N–H and O–H groups in total. The molecule has 0 radical (unpaired) electrons. The number of halogens is 2. The highest BCUT2D eigenvalue weighted by Crippen LogP contribution is 2.30. The van der Waals surface area contributed by atoms with Crippen LogP contribution in [0.1, 0.15) is 25.7 Å². The lowest BCUT2D eigenvalue weighted by atomic mass is 10.0. The zero-order valence-electron chi connectivity index (χ0n) is 15.8. The van der Waals surface area contributed by atoms with Crippen LogP contribution in [0.2, 0.25) is 10.0 Å². The summed E-state index contributed by atoms with van der Waals surface area (Å²) in [6.07, 6.45) is 2.40. The smallest absolute Gasteiger partial charge is 0.303 e. The van der Waals surface area contributed by atoms with Gasteiger partial charge in [0, 0.05) is 28.1 Å². The number of ether oxygens (including phenoxy) is 1. The third kappa shape index (κ3) is 6.48. The Balaban J connectivity index is 1.80. The van der Waals surface area contributed by atoms with Crippen molar-refractivity contribution in [3.8, 4) is 28.3 Å². The third-order valence-corrected chi connectivity index (χ3v) is 4.91. The average Bonchev–Trinajstić information content (AvgIpc) is 2.71. The Morgan fingerprint density at radius 3 is 2.07 bits per heavy atom. The van der Waals surface area contributed by atoms with Crippen LogP contribution < -0.4 is 4.74 Å². The van der Waals surface area contributed by atoms with Crippen LogP contribution in [-0.2, 0) is 4.79 Å². The number of aliphatic carboxylic acids is 1. The SMILES string of the molecule is O=C(O)CCCCCOc1cc(-c2ccc(Cl)cc2)cc(-c2ccc(Cl)cc2)n1. The van der Waals surface area contributed by atoms with E-state index in [9.17, 15) is 4.79 Å². The first-order valence-corrected chi connectivity index (χ1v) is 10.2. The van der Waals surface area contributed by atoms with Crippen molar-refractivity contribution in [1.82, 2.24) is 4.98 Å². The van der Waals surface area contributed by atoms with Crippen molar-refractivity contribution in [2.75, 3.05) is 6.61 Å². The molecule has 6 heteroatoms. The van der Waals surface area contributed by atoms with Crippen LogP contribution in [0.15, 0.2) is 60.7 Å². The van der Waals surface area contributed by atoms with Gasteiger partial charge in [-0.2, -0.15) is 0 Å². The van der Waals surface area contributed by atoms with E-state index in [1.807, 2.05) is 60.7 Å². The number of carboxylic acids is 1. The molecule has 150 valence electrons. The highest BCUT2D eigenvalue weighted by atomic mass is 35.5. The molecular weight excluding hydrogens is 409 g/mol. The van der Waals surface area contributed by atoms with E-state index in [0.29, 0.717) is 29.0 Å². The molecule has 0 amide bonds. The number of rotatable bonds is 9. The Kier molecular flexibility index (Phi) is 7.50. The van der Waals surface area contributed by atoms with E-state index in [1.54, 1.807) is 0 Å². The largest absolute Gasteiger partial charge is 0.481 e. The number of benzene rings is 2. The normalized spacial score (nSPS) is 10.7. The number of carbonyl (C=O) groups is 1. The zero-order chi connectivity index (χ0) is 20.6. The topological polar surface area (TPSA) is 59.4 Å². The first-order valence-electron chi connectivity index (χ1n) is 9.40. The Labute approximate surface area is 180 Å². The predicted molar refractivity (Wildman–Crippen MR) is 117 cm³/mol. The fourth-order valence-corrected chi connectivity index (χ4v) is 3.14. The minimum absolute atomic E-state index is 0.186. The summed E-state index contributed by atoms with van der Waals surface area (Å²) in [5.74, 6) is -0.239. The molecule has 0 bridgehead atoms. The molecule has 0 aliphatic rings. The van der Waals surface area contributed by atoms with Gasteiger partial charge in [0.25, 0.3) is 0 Å². The van der Waals surface area contributed by atoms with Crippen molar-refractivity contribution in [3.05, 3.63) is 70.7 Å². The van der Waals surface area contributed by atoms with Crippen LogP contribution in [0, 0.1) is 0 Å². The first kappa shape index (κ1) is 21.2. The summed E-state index contributed by atoms with van der Waals surface area (Å²) >= 11 is 12.0. The van der Waals surface area contributed by atoms with Crippen LogP contribution in [0.25, 0.3) is 22.4 Å². The van der Waals surface area contributed by atoms with Crippen molar-refractivity contribution in [1.29, 1.82) is 0 Å². The van der Waals surface area contributed by atoms with E-state index in [4.69, 9.17) is 33.0 Å². The summed E-state index contributed by atoms with van der Waals surface area (Å²) in [6.45, 7) is 0.483. The standard InChI is InChI=1S/C23H21Cl2NO3/c24-19-9-5-16(6-10-19)18-14-21(17-7-11-20(25)12-8-17)26-22(15-18)29-13-3-1-2-4-23(27)28/h5-12,14-15H,1-4,13H2,(H,27,28). The Morgan fingerprint density at radius 2 is 1.45 bits per heavy atom. The fourth-order valence-electron chi connectivity index (χ4n) is 2.89. The van der Waals surface area contributed by atoms with Gasteiger partial charge < -0.3 is 9.84 Å². The molecule has 3 rings (SSSR count). The minimum Gasteiger partial charge on any atom is -0.481 e. The summed E-state index contributed by atoms with van der Waals surface area (Å²) in [7, 11) is 0. The Bertz CT molecular complexity index is 893. The van der Waals surface area contributed by atoms with Crippen molar-refractivity contribution in [2.24, 2.45) is 0 Å². The van der Waals surface area contributed by atoms with Gasteiger partial charge in [0.15, 0.2) is 0 Å². The Hall–Kier alpha value is -2.56. The number of aromatic nitrogens is 1. The van der Waals surface area contributed by atoms with Crippen molar-refractivity contribution < 1.29 is 14.6 Å². The molecule has 0 aliphatic heterocycles. The van der Waals surface area contributed by atoms with Gasteiger partial charge in [0.05, 0.1) is 12.3 Å². The van der Waals surface area contributed by atoms with E-state index < -0.39 is 5.97 Å². The second-order valence-electron chi connectivity index (χ2n) is 6.65. The van der Waals surface area contributed by atoms with Gasteiger partial charge >= 0.3 is 5.97 Å². The number of hydrogen-bond acceptors (Lipinski definition) is 3. The quantitative estimate of drug-likeness (QED) is 0.382. The van der Waals surface area contributed by atoms with Crippen molar-refractivity contribution in [3.63, 3.8) is 0 Å². The second-order valence-corrected chi connectivity index (χ2v) is 7.52. The van der Waals surface area contributed by atoms with Crippen LogP contribution in [0.5, 0.6) is 5.88 Å². The maximum Gasteiger partial charge on any atom is 0.303 e. The highest BCUT2D eigenvalue weighted by Gasteiger charge is 2.09. The summed E-state index contributed by atoms with van der Waals surface area (Å²) in [5, 5.41) is 10.0. The molecule has 0 saturated heterocycles. The first-order chi connectivity index (χ1) is 14.0.